The van der Waals surface area contributed by atoms with E-state index < -0.39 is 16.1 Å². The number of hydrogen-bond acceptors (Lipinski definition) is 3. The largest absolute Gasteiger partial charge is 0.389 e. The van der Waals surface area contributed by atoms with Crippen molar-refractivity contribution in [2.45, 2.75) is 57.1 Å². The van der Waals surface area contributed by atoms with Crippen LogP contribution < -0.4 is 4.72 Å². The molecular formula is C16H25NO3S. The van der Waals surface area contributed by atoms with Crippen LogP contribution in [-0.4, -0.2) is 19.6 Å². The number of nitrogens with one attached hydrogen (secondary N) is 1. The number of hydrogen-bond donors (Lipinski definition) is 2. The third-order valence-corrected chi connectivity index (χ3v) is 5.92. The first-order valence-electron chi connectivity index (χ1n) is 7.60. The fourth-order valence-electron chi connectivity index (χ4n) is 3.03. The Morgan fingerprint density at radius 1 is 1.19 bits per heavy atom. The van der Waals surface area contributed by atoms with Gasteiger partial charge < -0.3 is 5.11 Å². The number of benzene rings is 1. The molecule has 0 amide bonds. The summed E-state index contributed by atoms with van der Waals surface area (Å²) in [6, 6.07) is 6.45. The summed E-state index contributed by atoms with van der Waals surface area (Å²) in [6.07, 6.45) is 2.44. The molecule has 2 N–H and O–H groups in total. The monoisotopic (exact) mass is 311 g/mol. The normalized spacial score (nSPS) is 28.3. The van der Waals surface area contributed by atoms with Gasteiger partial charge in [0.15, 0.2) is 0 Å². The van der Waals surface area contributed by atoms with Gasteiger partial charge in [-0.3, -0.25) is 0 Å². The highest BCUT2D eigenvalue weighted by Crippen LogP contribution is 2.29. The van der Waals surface area contributed by atoms with E-state index >= 15 is 0 Å². The van der Waals surface area contributed by atoms with E-state index in [0.717, 1.165) is 19.3 Å². The van der Waals surface area contributed by atoms with Crippen molar-refractivity contribution < 1.29 is 13.5 Å². The van der Waals surface area contributed by atoms with Gasteiger partial charge in [-0.05, 0) is 55.7 Å². The Bertz CT molecular complexity index is 566. The molecule has 118 valence electrons. The zero-order valence-electron chi connectivity index (χ0n) is 12.9. The van der Waals surface area contributed by atoms with Gasteiger partial charge in [0.1, 0.15) is 0 Å². The minimum Gasteiger partial charge on any atom is -0.389 e. The highest BCUT2D eigenvalue weighted by atomic mass is 32.2. The minimum atomic E-state index is -3.48. The van der Waals surface area contributed by atoms with Crippen molar-refractivity contribution in [3.05, 3.63) is 29.8 Å². The molecule has 1 saturated carbocycles. The Labute approximate surface area is 127 Å². The molecule has 4 atom stereocenters. The lowest BCUT2D eigenvalue weighted by Gasteiger charge is -2.32. The maximum Gasteiger partial charge on any atom is 0.240 e. The zero-order chi connectivity index (χ0) is 15.6. The van der Waals surface area contributed by atoms with Gasteiger partial charge in [-0.25, -0.2) is 13.1 Å². The van der Waals surface area contributed by atoms with E-state index in [1.54, 1.807) is 31.2 Å². The van der Waals surface area contributed by atoms with Gasteiger partial charge in [0.05, 0.1) is 11.0 Å². The summed E-state index contributed by atoms with van der Waals surface area (Å²) in [5, 5.41) is 9.47. The molecule has 1 aliphatic rings. The number of aliphatic hydroxyl groups excluding tert-OH is 1. The number of sulfonamides is 1. The summed E-state index contributed by atoms with van der Waals surface area (Å²) in [5.74, 6) is 1.03. The quantitative estimate of drug-likeness (QED) is 0.898. The second-order valence-corrected chi connectivity index (χ2v) is 8.08. The Morgan fingerprint density at radius 2 is 1.81 bits per heavy atom. The van der Waals surface area contributed by atoms with Crippen molar-refractivity contribution in [2.75, 3.05) is 0 Å². The second kappa shape index (κ2) is 6.46. The van der Waals surface area contributed by atoms with Crippen LogP contribution in [0.5, 0.6) is 0 Å². The molecule has 0 spiro atoms. The third-order valence-electron chi connectivity index (χ3n) is 4.41. The molecule has 0 bridgehead atoms. The van der Waals surface area contributed by atoms with Crippen LogP contribution in [0.1, 0.15) is 51.7 Å². The summed E-state index contributed by atoms with van der Waals surface area (Å²) in [4.78, 5) is 0.262. The molecule has 0 heterocycles. The highest BCUT2D eigenvalue weighted by molar-refractivity contribution is 7.89. The van der Waals surface area contributed by atoms with Crippen molar-refractivity contribution in [3.63, 3.8) is 0 Å². The van der Waals surface area contributed by atoms with Crippen LogP contribution in [0, 0.1) is 11.8 Å². The molecule has 0 aromatic heterocycles. The van der Waals surface area contributed by atoms with E-state index in [1.165, 1.54) is 0 Å². The molecule has 1 aromatic rings. The summed E-state index contributed by atoms with van der Waals surface area (Å²) >= 11 is 0. The molecule has 1 fully saturated rings. The first kappa shape index (κ1) is 16.5. The molecule has 4 nitrogen and oxygen atoms in total. The van der Waals surface area contributed by atoms with Gasteiger partial charge >= 0.3 is 0 Å². The third kappa shape index (κ3) is 4.05. The summed E-state index contributed by atoms with van der Waals surface area (Å²) in [7, 11) is -3.48. The van der Waals surface area contributed by atoms with E-state index in [-0.39, 0.29) is 10.9 Å². The first-order chi connectivity index (χ1) is 9.79. The fraction of sp³-hybridized carbons (Fsp3) is 0.625. The standard InChI is InChI=1S/C16H25NO3S/c1-11-4-9-16(12(2)10-11)17-21(19,20)15-7-5-14(6-8-15)13(3)18/h5-8,11-13,16-18H,4,9-10H2,1-3H3. The zero-order valence-corrected chi connectivity index (χ0v) is 13.7. The molecule has 5 heteroatoms. The molecule has 0 saturated heterocycles. The summed E-state index contributed by atoms with van der Waals surface area (Å²) in [5.41, 5.74) is 0.716. The van der Waals surface area contributed by atoms with Crippen LogP contribution in [0.4, 0.5) is 0 Å². The molecule has 0 aliphatic heterocycles. The van der Waals surface area contributed by atoms with E-state index in [1.807, 2.05) is 0 Å². The Balaban J connectivity index is 2.11. The van der Waals surface area contributed by atoms with Gasteiger partial charge in [-0.1, -0.05) is 26.0 Å². The van der Waals surface area contributed by atoms with Gasteiger partial charge in [-0.15, -0.1) is 0 Å². The average Bonchev–Trinajstić information content (AvgIpc) is 2.42. The molecule has 1 aliphatic carbocycles. The highest BCUT2D eigenvalue weighted by Gasteiger charge is 2.29. The van der Waals surface area contributed by atoms with Crippen LogP contribution in [0.25, 0.3) is 0 Å². The molecule has 1 aromatic carbocycles. The van der Waals surface area contributed by atoms with Crippen molar-refractivity contribution in [3.8, 4) is 0 Å². The fourth-order valence-corrected chi connectivity index (χ4v) is 4.41. The lowest BCUT2D eigenvalue weighted by molar-refractivity contribution is 0.199. The lowest BCUT2D eigenvalue weighted by Crippen LogP contribution is -2.42. The summed E-state index contributed by atoms with van der Waals surface area (Å²) in [6.45, 7) is 5.99. The van der Waals surface area contributed by atoms with Crippen LogP contribution in [0.3, 0.4) is 0 Å². The van der Waals surface area contributed by atoms with Crippen molar-refractivity contribution >= 4 is 10.0 Å². The molecule has 2 rings (SSSR count). The van der Waals surface area contributed by atoms with Crippen LogP contribution >= 0.6 is 0 Å². The van der Waals surface area contributed by atoms with Gasteiger partial charge in [-0.2, -0.15) is 0 Å². The maximum atomic E-state index is 12.4. The predicted octanol–water partition coefficient (Wildman–Crippen LogP) is 2.84. The Kier molecular flexibility index (Phi) is 5.07. The smallest absolute Gasteiger partial charge is 0.240 e. The Morgan fingerprint density at radius 3 is 2.33 bits per heavy atom. The molecule has 4 unspecified atom stereocenters. The minimum absolute atomic E-state index is 0.0163. The molecule has 0 radical (unpaired) electrons. The topological polar surface area (TPSA) is 66.4 Å². The van der Waals surface area contributed by atoms with Crippen LogP contribution in [0.2, 0.25) is 0 Å². The SMILES string of the molecule is CC1CCC(NS(=O)(=O)c2ccc(C(C)O)cc2)C(C)C1. The van der Waals surface area contributed by atoms with Crippen molar-refractivity contribution in [2.24, 2.45) is 11.8 Å². The second-order valence-electron chi connectivity index (χ2n) is 6.37. The van der Waals surface area contributed by atoms with Gasteiger partial charge in [0.2, 0.25) is 10.0 Å². The van der Waals surface area contributed by atoms with Crippen LogP contribution in [-0.2, 0) is 10.0 Å². The van der Waals surface area contributed by atoms with Crippen LogP contribution in [0.15, 0.2) is 29.2 Å². The van der Waals surface area contributed by atoms with E-state index in [4.69, 9.17) is 0 Å². The van der Waals surface area contributed by atoms with E-state index in [2.05, 4.69) is 18.6 Å². The van der Waals surface area contributed by atoms with Crippen molar-refractivity contribution in [1.82, 2.24) is 4.72 Å². The average molecular weight is 311 g/mol. The van der Waals surface area contributed by atoms with Crippen molar-refractivity contribution in [1.29, 1.82) is 0 Å². The van der Waals surface area contributed by atoms with E-state index in [0.29, 0.717) is 17.4 Å². The first-order valence-corrected chi connectivity index (χ1v) is 9.08. The summed E-state index contributed by atoms with van der Waals surface area (Å²) < 4.78 is 27.7. The number of rotatable bonds is 4. The maximum absolute atomic E-state index is 12.4. The predicted molar refractivity (Wildman–Crippen MR) is 83.4 cm³/mol. The number of aliphatic hydroxyl groups is 1. The molecule has 21 heavy (non-hydrogen) atoms. The van der Waals surface area contributed by atoms with Gasteiger partial charge in [0.25, 0.3) is 0 Å². The lowest BCUT2D eigenvalue weighted by atomic mass is 9.80. The molecular weight excluding hydrogens is 286 g/mol. The van der Waals surface area contributed by atoms with Gasteiger partial charge in [0, 0.05) is 6.04 Å². The van der Waals surface area contributed by atoms with E-state index in [9.17, 15) is 13.5 Å². The Hall–Kier alpha value is -0.910.